The maximum atomic E-state index is 9.82. The molecule has 1 aliphatic rings. The predicted octanol–water partition coefficient (Wildman–Crippen LogP) is 7.30. The van der Waals surface area contributed by atoms with Gasteiger partial charge in [0.1, 0.15) is 6.07 Å². The largest absolute Gasteiger partial charge is 0.361 e. The molecular weight excluding hydrogens is 404 g/mol. The van der Waals surface area contributed by atoms with Crippen LogP contribution in [0.1, 0.15) is 57.9 Å². The fourth-order valence-corrected chi connectivity index (χ4v) is 4.81. The molecule has 2 aromatic rings. The zero-order valence-electron chi connectivity index (χ0n) is 20.6. The van der Waals surface area contributed by atoms with Crippen molar-refractivity contribution < 1.29 is 0 Å². The fourth-order valence-electron chi connectivity index (χ4n) is 4.81. The molecule has 0 aliphatic heterocycles. The van der Waals surface area contributed by atoms with Crippen molar-refractivity contribution in [1.29, 1.82) is 5.26 Å². The highest BCUT2D eigenvalue weighted by Gasteiger charge is 2.19. The number of hydrogen-bond acceptors (Lipinski definition) is 3. The first-order valence-electron chi connectivity index (χ1n) is 12.1. The van der Waals surface area contributed by atoms with Crippen molar-refractivity contribution in [3.05, 3.63) is 77.2 Å². The number of nitriles is 1. The molecule has 0 atom stereocenters. The highest BCUT2D eigenvalue weighted by Crippen LogP contribution is 2.31. The minimum Gasteiger partial charge on any atom is -0.361 e. The maximum Gasteiger partial charge on any atom is 0.101 e. The Labute approximate surface area is 199 Å². The molecule has 0 radical (unpaired) electrons. The van der Waals surface area contributed by atoms with E-state index in [4.69, 9.17) is 0 Å². The Balaban J connectivity index is 1.79. The average molecular weight is 443 g/mol. The number of nitrogens with one attached hydrogen (secondary N) is 3. The fraction of sp³-hybridized carbons (Fsp3) is 0.414. The van der Waals surface area contributed by atoms with Gasteiger partial charge in [-0.05, 0) is 108 Å². The van der Waals surface area contributed by atoms with Crippen molar-refractivity contribution in [2.75, 3.05) is 12.4 Å². The van der Waals surface area contributed by atoms with Crippen LogP contribution in [0, 0.1) is 24.2 Å². The molecule has 1 fully saturated rings. The van der Waals surface area contributed by atoms with Crippen LogP contribution < -0.4 is 10.6 Å². The normalized spacial score (nSPS) is 19.2. The second kappa shape index (κ2) is 11.7. The topological polar surface area (TPSA) is 63.6 Å². The molecule has 1 heterocycles. The zero-order valence-corrected chi connectivity index (χ0v) is 20.6. The second-order valence-electron chi connectivity index (χ2n) is 9.31. The van der Waals surface area contributed by atoms with E-state index >= 15 is 0 Å². The van der Waals surface area contributed by atoms with Crippen molar-refractivity contribution in [3.8, 4) is 6.07 Å². The van der Waals surface area contributed by atoms with Gasteiger partial charge in [-0.3, -0.25) is 0 Å². The predicted molar refractivity (Wildman–Crippen MR) is 141 cm³/mol. The number of H-pyrrole nitrogens is 1. The van der Waals surface area contributed by atoms with Crippen molar-refractivity contribution in [2.45, 2.75) is 65.3 Å². The first kappa shape index (κ1) is 24.6. The van der Waals surface area contributed by atoms with Gasteiger partial charge in [0.25, 0.3) is 0 Å². The quantitative estimate of drug-likeness (QED) is 0.282. The Kier molecular flexibility index (Phi) is 8.74. The Hall–Kier alpha value is -3.03. The summed E-state index contributed by atoms with van der Waals surface area (Å²) in [5.74, 6) is 0.820. The molecular formula is C29H38N4. The van der Waals surface area contributed by atoms with Gasteiger partial charge < -0.3 is 15.6 Å². The highest BCUT2D eigenvalue weighted by molar-refractivity contribution is 5.88. The first-order valence-corrected chi connectivity index (χ1v) is 12.1. The number of hydrogen-bond donors (Lipinski definition) is 3. The van der Waals surface area contributed by atoms with Crippen LogP contribution in [0.5, 0.6) is 0 Å². The molecule has 1 aliphatic carbocycles. The van der Waals surface area contributed by atoms with Crippen LogP contribution in [0.15, 0.2) is 71.6 Å². The lowest BCUT2D eigenvalue weighted by molar-refractivity contribution is 0.290. The molecule has 0 amide bonds. The molecule has 0 saturated heterocycles. The molecule has 1 saturated carbocycles. The third-order valence-corrected chi connectivity index (χ3v) is 6.95. The molecule has 3 rings (SSSR count). The minimum atomic E-state index is 0.551. The van der Waals surface area contributed by atoms with Gasteiger partial charge in [-0.2, -0.15) is 5.26 Å². The molecule has 1 aromatic heterocycles. The van der Waals surface area contributed by atoms with Crippen LogP contribution in [0.4, 0.5) is 5.69 Å². The van der Waals surface area contributed by atoms with Crippen LogP contribution in [-0.4, -0.2) is 18.1 Å². The van der Waals surface area contributed by atoms with Gasteiger partial charge in [-0.25, -0.2) is 0 Å². The van der Waals surface area contributed by atoms with Crippen LogP contribution in [0.3, 0.4) is 0 Å². The van der Waals surface area contributed by atoms with E-state index < -0.39 is 0 Å². The number of anilines is 1. The van der Waals surface area contributed by atoms with E-state index in [1.54, 1.807) is 6.08 Å². The van der Waals surface area contributed by atoms with Crippen LogP contribution in [0.25, 0.3) is 10.9 Å². The second-order valence-corrected chi connectivity index (χ2v) is 9.31. The van der Waals surface area contributed by atoms with Crippen molar-refractivity contribution in [1.82, 2.24) is 10.3 Å². The Bertz CT molecular complexity index is 1090. The molecule has 0 bridgehead atoms. The van der Waals surface area contributed by atoms with Gasteiger partial charge in [0.2, 0.25) is 0 Å². The molecule has 3 N–H and O–H groups in total. The molecule has 0 unspecified atom stereocenters. The summed E-state index contributed by atoms with van der Waals surface area (Å²) in [5.41, 5.74) is 6.85. The smallest absolute Gasteiger partial charge is 0.101 e. The van der Waals surface area contributed by atoms with E-state index in [2.05, 4.69) is 86.4 Å². The van der Waals surface area contributed by atoms with E-state index in [1.807, 2.05) is 6.20 Å². The number of allylic oxidation sites excluding steroid dienone is 5. The number of nitrogens with zero attached hydrogens (tertiary/aromatic N) is 1. The van der Waals surface area contributed by atoms with Crippen LogP contribution in [-0.2, 0) is 0 Å². The SMILES string of the molecule is C=C/C(C#N)=C(/Nc1ccc2[nH]ccc2c1C)C(/C=C/CCC1CCC(NC)CC1)=C(C)C. The first-order chi connectivity index (χ1) is 16.0. The van der Waals surface area contributed by atoms with Crippen LogP contribution in [0.2, 0.25) is 0 Å². The summed E-state index contributed by atoms with van der Waals surface area (Å²) in [5, 5.41) is 18.0. The van der Waals surface area contributed by atoms with Crippen molar-refractivity contribution in [3.63, 3.8) is 0 Å². The lowest BCUT2D eigenvalue weighted by atomic mass is 9.83. The summed E-state index contributed by atoms with van der Waals surface area (Å²) in [4.78, 5) is 3.26. The van der Waals surface area contributed by atoms with Gasteiger partial charge in [-0.15, -0.1) is 0 Å². The zero-order chi connectivity index (χ0) is 23.8. The molecule has 174 valence electrons. The van der Waals surface area contributed by atoms with E-state index in [9.17, 15) is 5.26 Å². The number of fused-ring (bicyclic) bond motifs is 1. The van der Waals surface area contributed by atoms with E-state index in [1.165, 1.54) is 43.1 Å². The number of aryl methyl sites for hydroxylation is 1. The number of aromatic amines is 1. The summed E-state index contributed by atoms with van der Waals surface area (Å²) < 4.78 is 0. The van der Waals surface area contributed by atoms with Crippen molar-refractivity contribution in [2.24, 2.45) is 5.92 Å². The summed E-state index contributed by atoms with van der Waals surface area (Å²) in [7, 11) is 2.07. The van der Waals surface area contributed by atoms with E-state index in [0.29, 0.717) is 11.6 Å². The van der Waals surface area contributed by atoms with Gasteiger partial charge >= 0.3 is 0 Å². The Morgan fingerprint density at radius 2 is 1.97 bits per heavy atom. The van der Waals surface area contributed by atoms with Gasteiger partial charge in [0, 0.05) is 28.8 Å². The molecule has 33 heavy (non-hydrogen) atoms. The Morgan fingerprint density at radius 1 is 1.21 bits per heavy atom. The molecule has 0 spiro atoms. The van der Waals surface area contributed by atoms with Crippen LogP contribution >= 0.6 is 0 Å². The van der Waals surface area contributed by atoms with Gasteiger partial charge in [0.15, 0.2) is 0 Å². The lowest BCUT2D eigenvalue weighted by Gasteiger charge is -2.27. The molecule has 1 aromatic carbocycles. The van der Waals surface area contributed by atoms with Gasteiger partial charge in [-0.1, -0.05) is 24.3 Å². The van der Waals surface area contributed by atoms with E-state index in [0.717, 1.165) is 40.4 Å². The highest BCUT2D eigenvalue weighted by atomic mass is 14.9. The number of aromatic nitrogens is 1. The number of rotatable bonds is 9. The minimum absolute atomic E-state index is 0.551. The monoisotopic (exact) mass is 442 g/mol. The Morgan fingerprint density at radius 3 is 2.61 bits per heavy atom. The summed E-state index contributed by atoms with van der Waals surface area (Å²) in [6.07, 6.45) is 15.6. The summed E-state index contributed by atoms with van der Waals surface area (Å²) in [6.45, 7) is 10.2. The van der Waals surface area contributed by atoms with Crippen molar-refractivity contribution >= 4 is 16.6 Å². The molecule has 4 heteroatoms. The number of benzene rings is 1. The lowest BCUT2D eigenvalue weighted by Crippen LogP contribution is -2.30. The average Bonchev–Trinajstić information content (AvgIpc) is 3.31. The standard InChI is InChI=1S/C29H38N4/c1-6-23(19-30)29(33-27-15-16-28-26(21(27)4)17-18-32-28)25(20(2)3)10-8-7-9-22-11-13-24(31-5)14-12-22/h6,8,10,15-18,22,24,31-33H,1,7,9,11-14H2,2-5H3/b10-8+,29-23-. The molecule has 4 nitrogen and oxygen atoms in total. The summed E-state index contributed by atoms with van der Waals surface area (Å²) in [6, 6.07) is 9.26. The third-order valence-electron chi connectivity index (χ3n) is 6.95. The van der Waals surface area contributed by atoms with Gasteiger partial charge in [0.05, 0.1) is 11.3 Å². The summed E-state index contributed by atoms with van der Waals surface area (Å²) >= 11 is 0. The third kappa shape index (κ3) is 6.06. The maximum absolute atomic E-state index is 9.82. The van der Waals surface area contributed by atoms with E-state index in [-0.39, 0.29) is 0 Å².